The molecule has 3 nitrogen and oxygen atoms in total. The molecule has 0 aromatic rings. The zero-order valence-corrected chi connectivity index (χ0v) is 10.7. The molecule has 0 saturated carbocycles. The van der Waals surface area contributed by atoms with E-state index in [-0.39, 0.29) is 17.2 Å². The fourth-order valence-corrected chi connectivity index (χ4v) is 0.901. The van der Waals surface area contributed by atoms with Gasteiger partial charge in [-0.05, 0) is 11.8 Å². The number of nitrogens with one attached hydrogen (secondary N) is 1. The lowest BCUT2D eigenvalue weighted by molar-refractivity contribution is -0.124. The van der Waals surface area contributed by atoms with Crippen LogP contribution in [0.3, 0.4) is 0 Å². The predicted octanol–water partition coefficient (Wildman–Crippen LogP) is 2.21. The Morgan fingerprint density at radius 2 is 2.00 bits per heavy atom. The molecule has 0 unspecified atom stereocenters. The van der Waals surface area contributed by atoms with Gasteiger partial charge in [0.05, 0.1) is 13.2 Å². The van der Waals surface area contributed by atoms with Gasteiger partial charge < -0.3 is 10.1 Å². The van der Waals surface area contributed by atoms with Crippen molar-refractivity contribution in [2.24, 2.45) is 11.3 Å². The summed E-state index contributed by atoms with van der Waals surface area (Å²) in [6, 6.07) is 0. The Morgan fingerprint density at radius 1 is 1.40 bits per heavy atom. The smallest absolute Gasteiger partial charge is 0.222 e. The van der Waals surface area contributed by atoms with Gasteiger partial charge in [-0.1, -0.05) is 34.6 Å². The molecule has 0 spiro atoms. The van der Waals surface area contributed by atoms with Gasteiger partial charge in [-0.2, -0.15) is 0 Å². The number of carbonyl (C=O) groups is 1. The number of rotatable bonds is 7. The molecule has 0 saturated heterocycles. The lowest BCUT2D eigenvalue weighted by Crippen LogP contribution is -2.31. The zero-order valence-electron chi connectivity index (χ0n) is 10.7. The third kappa shape index (κ3) is 7.37. The minimum absolute atomic E-state index is 0.0529. The summed E-state index contributed by atoms with van der Waals surface area (Å²) >= 11 is 0. The van der Waals surface area contributed by atoms with E-state index in [1.54, 1.807) is 0 Å². The van der Waals surface area contributed by atoms with E-state index >= 15 is 0 Å². The van der Waals surface area contributed by atoms with Crippen molar-refractivity contribution in [1.29, 1.82) is 0 Å². The van der Waals surface area contributed by atoms with Gasteiger partial charge >= 0.3 is 0 Å². The summed E-state index contributed by atoms with van der Waals surface area (Å²) in [4.78, 5) is 11.2. The first-order chi connectivity index (χ1) is 6.89. The van der Waals surface area contributed by atoms with Gasteiger partial charge in [0.1, 0.15) is 0 Å². The summed E-state index contributed by atoms with van der Waals surface area (Å²) in [5, 5.41) is 2.82. The van der Waals surface area contributed by atoms with E-state index in [9.17, 15) is 4.79 Å². The molecule has 0 aromatic heterocycles. The SMILES string of the molecule is CCC(C)(C)COCCNC(=O)C(C)C. The topological polar surface area (TPSA) is 38.3 Å². The molecular weight excluding hydrogens is 190 g/mol. The first-order valence-electron chi connectivity index (χ1n) is 5.74. The summed E-state index contributed by atoms with van der Waals surface area (Å²) in [6.45, 7) is 12.2. The van der Waals surface area contributed by atoms with Crippen LogP contribution in [-0.2, 0) is 9.53 Å². The van der Waals surface area contributed by atoms with Gasteiger partial charge in [0.15, 0.2) is 0 Å². The zero-order chi connectivity index (χ0) is 11.9. The van der Waals surface area contributed by atoms with Crippen molar-refractivity contribution in [3.8, 4) is 0 Å². The first-order valence-corrected chi connectivity index (χ1v) is 5.74. The van der Waals surface area contributed by atoms with Crippen LogP contribution in [0.5, 0.6) is 0 Å². The quantitative estimate of drug-likeness (QED) is 0.661. The molecule has 0 fully saturated rings. The molecule has 0 aliphatic carbocycles. The molecule has 0 aliphatic rings. The minimum Gasteiger partial charge on any atom is -0.379 e. The van der Waals surface area contributed by atoms with E-state index in [0.717, 1.165) is 13.0 Å². The highest BCUT2D eigenvalue weighted by Crippen LogP contribution is 2.19. The number of amides is 1. The summed E-state index contributed by atoms with van der Waals surface area (Å²) in [6.07, 6.45) is 1.10. The van der Waals surface area contributed by atoms with Crippen molar-refractivity contribution in [2.45, 2.75) is 41.0 Å². The van der Waals surface area contributed by atoms with Gasteiger partial charge in [0.2, 0.25) is 5.91 Å². The lowest BCUT2D eigenvalue weighted by atomic mass is 9.92. The molecule has 0 aromatic carbocycles. The summed E-state index contributed by atoms with van der Waals surface area (Å²) in [5.74, 6) is 0.144. The Morgan fingerprint density at radius 3 is 2.47 bits per heavy atom. The van der Waals surface area contributed by atoms with Crippen LogP contribution in [0.1, 0.15) is 41.0 Å². The van der Waals surface area contributed by atoms with Crippen molar-refractivity contribution in [1.82, 2.24) is 5.32 Å². The molecule has 1 N–H and O–H groups in total. The highest BCUT2D eigenvalue weighted by atomic mass is 16.5. The summed E-state index contributed by atoms with van der Waals surface area (Å²) in [7, 11) is 0. The van der Waals surface area contributed by atoms with Crippen molar-refractivity contribution in [2.75, 3.05) is 19.8 Å². The molecule has 15 heavy (non-hydrogen) atoms. The molecule has 0 rings (SSSR count). The van der Waals surface area contributed by atoms with Crippen LogP contribution in [0.2, 0.25) is 0 Å². The van der Waals surface area contributed by atoms with E-state index in [4.69, 9.17) is 4.74 Å². The monoisotopic (exact) mass is 215 g/mol. The van der Waals surface area contributed by atoms with Gasteiger partial charge in [0, 0.05) is 12.5 Å². The Bertz CT molecular complexity index is 188. The van der Waals surface area contributed by atoms with Crippen molar-refractivity contribution in [3.63, 3.8) is 0 Å². The molecule has 0 aliphatic heterocycles. The third-order valence-electron chi connectivity index (χ3n) is 2.52. The Hall–Kier alpha value is -0.570. The second-order valence-electron chi connectivity index (χ2n) is 5.02. The predicted molar refractivity (Wildman–Crippen MR) is 62.7 cm³/mol. The number of hydrogen-bond acceptors (Lipinski definition) is 2. The van der Waals surface area contributed by atoms with Crippen LogP contribution in [0.25, 0.3) is 0 Å². The number of hydrogen-bond donors (Lipinski definition) is 1. The second-order valence-corrected chi connectivity index (χ2v) is 5.02. The fourth-order valence-electron chi connectivity index (χ4n) is 0.901. The van der Waals surface area contributed by atoms with Gasteiger partial charge in [-0.25, -0.2) is 0 Å². The summed E-state index contributed by atoms with van der Waals surface area (Å²) in [5.41, 5.74) is 0.238. The standard InChI is InChI=1S/C12H25NO2/c1-6-12(4,5)9-15-8-7-13-11(14)10(2)3/h10H,6-9H2,1-5H3,(H,13,14). The largest absolute Gasteiger partial charge is 0.379 e. The van der Waals surface area contributed by atoms with Crippen molar-refractivity contribution in [3.05, 3.63) is 0 Å². The summed E-state index contributed by atoms with van der Waals surface area (Å²) < 4.78 is 5.50. The van der Waals surface area contributed by atoms with Crippen LogP contribution < -0.4 is 5.32 Å². The average molecular weight is 215 g/mol. The molecule has 0 bridgehead atoms. The molecule has 1 amide bonds. The third-order valence-corrected chi connectivity index (χ3v) is 2.52. The highest BCUT2D eigenvalue weighted by Gasteiger charge is 2.14. The van der Waals surface area contributed by atoms with Crippen LogP contribution in [0.15, 0.2) is 0 Å². The Kier molecular flexibility index (Phi) is 6.57. The van der Waals surface area contributed by atoms with E-state index in [0.29, 0.717) is 13.2 Å². The van der Waals surface area contributed by atoms with E-state index in [2.05, 4.69) is 26.1 Å². The van der Waals surface area contributed by atoms with Crippen LogP contribution in [0.4, 0.5) is 0 Å². The van der Waals surface area contributed by atoms with E-state index in [1.165, 1.54) is 0 Å². The van der Waals surface area contributed by atoms with Gasteiger partial charge in [-0.3, -0.25) is 4.79 Å². The molecule has 90 valence electrons. The normalized spacial score (nSPS) is 11.9. The molecule has 3 heteroatoms. The Labute approximate surface area is 93.6 Å². The van der Waals surface area contributed by atoms with Crippen molar-refractivity contribution >= 4 is 5.91 Å². The maximum absolute atomic E-state index is 11.2. The van der Waals surface area contributed by atoms with Gasteiger partial charge in [0.25, 0.3) is 0 Å². The average Bonchev–Trinajstić information content (AvgIpc) is 2.16. The maximum Gasteiger partial charge on any atom is 0.222 e. The van der Waals surface area contributed by atoms with Crippen LogP contribution >= 0.6 is 0 Å². The van der Waals surface area contributed by atoms with E-state index < -0.39 is 0 Å². The minimum atomic E-state index is 0.0529. The van der Waals surface area contributed by atoms with Crippen molar-refractivity contribution < 1.29 is 9.53 Å². The van der Waals surface area contributed by atoms with E-state index in [1.807, 2.05) is 13.8 Å². The van der Waals surface area contributed by atoms with Crippen LogP contribution in [0, 0.1) is 11.3 Å². The first kappa shape index (κ1) is 14.4. The molecule has 0 radical (unpaired) electrons. The van der Waals surface area contributed by atoms with Gasteiger partial charge in [-0.15, -0.1) is 0 Å². The molecular formula is C12H25NO2. The highest BCUT2D eigenvalue weighted by molar-refractivity contribution is 5.77. The molecule has 0 heterocycles. The van der Waals surface area contributed by atoms with Crippen LogP contribution in [-0.4, -0.2) is 25.7 Å². The second kappa shape index (κ2) is 6.83. The Balaban J connectivity index is 3.44. The maximum atomic E-state index is 11.2. The number of ether oxygens (including phenoxy) is 1. The lowest BCUT2D eigenvalue weighted by Gasteiger charge is -2.22. The molecule has 0 atom stereocenters. The number of carbonyl (C=O) groups excluding carboxylic acids is 1. The fraction of sp³-hybridized carbons (Fsp3) is 0.917.